The van der Waals surface area contributed by atoms with Crippen LogP contribution in [0.3, 0.4) is 0 Å². The average molecular weight is 1730 g/mol. The zero-order valence-corrected chi connectivity index (χ0v) is 75.0. The third-order valence-corrected chi connectivity index (χ3v) is 26.8. The van der Waals surface area contributed by atoms with Gasteiger partial charge in [0.1, 0.15) is 0 Å². The van der Waals surface area contributed by atoms with Crippen molar-refractivity contribution in [1.29, 1.82) is 0 Å². The number of hydrogen-bond acceptors (Lipinski definition) is 4. The van der Waals surface area contributed by atoms with Crippen LogP contribution in [-0.4, -0.2) is 9.13 Å². The minimum absolute atomic E-state index is 0.0807. The topological polar surface area (TPSA) is 22.8 Å². The fourth-order valence-electron chi connectivity index (χ4n) is 20.1. The number of rotatable bonds is 20. The van der Waals surface area contributed by atoms with Crippen LogP contribution in [0.2, 0.25) is 0 Å². The lowest BCUT2D eigenvalue weighted by Gasteiger charge is -2.28. The van der Waals surface area contributed by atoms with Crippen LogP contribution in [-0.2, 0) is 5.41 Å². The third kappa shape index (κ3) is 15.8. The molecular formula is C129H94N6. The first-order valence-electron chi connectivity index (χ1n) is 46.4. The van der Waals surface area contributed by atoms with Crippen LogP contribution in [0.4, 0.5) is 68.2 Å². The Morgan fingerprint density at radius 3 is 0.689 bits per heavy atom. The van der Waals surface area contributed by atoms with E-state index in [-0.39, 0.29) is 5.41 Å². The molecule has 0 amide bonds. The van der Waals surface area contributed by atoms with Crippen LogP contribution in [0.5, 0.6) is 0 Å². The third-order valence-electron chi connectivity index (χ3n) is 26.8. The number of anilines is 12. The van der Waals surface area contributed by atoms with E-state index in [1.807, 2.05) is 0 Å². The molecule has 0 N–H and O–H groups in total. The zero-order chi connectivity index (χ0) is 90.1. The maximum Gasteiger partial charge on any atom is 0.0541 e. The number of benzene rings is 21. The van der Waals surface area contributed by atoms with Gasteiger partial charge in [-0.3, -0.25) is 0 Å². The van der Waals surface area contributed by atoms with Crippen LogP contribution in [0.25, 0.3) is 133 Å². The Morgan fingerprint density at radius 1 is 0.148 bits per heavy atom. The molecule has 1 aliphatic carbocycles. The van der Waals surface area contributed by atoms with E-state index in [4.69, 9.17) is 0 Å². The van der Waals surface area contributed by atoms with Gasteiger partial charge in [-0.15, -0.1) is 0 Å². The Kier molecular flexibility index (Phi) is 21.7. The normalized spacial score (nSPS) is 11.8. The highest BCUT2D eigenvalue weighted by Crippen LogP contribution is 2.52. The molecule has 24 rings (SSSR count). The monoisotopic (exact) mass is 1730 g/mol. The van der Waals surface area contributed by atoms with Gasteiger partial charge in [-0.1, -0.05) is 341 Å². The van der Waals surface area contributed by atoms with E-state index in [0.717, 1.165) is 79.4 Å². The highest BCUT2D eigenvalue weighted by molar-refractivity contribution is 6.12. The van der Waals surface area contributed by atoms with Gasteiger partial charge >= 0.3 is 0 Å². The summed E-state index contributed by atoms with van der Waals surface area (Å²) in [4.78, 5) is 9.35. The molecule has 21 aromatic carbocycles. The molecule has 0 fully saturated rings. The van der Waals surface area contributed by atoms with Gasteiger partial charge in [0.05, 0.1) is 22.1 Å². The average Bonchev–Trinajstić information content (AvgIpc) is 1.58. The minimum Gasteiger partial charge on any atom is -0.311 e. The van der Waals surface area contributed by atoms with Crippen LogP contribution < -0.4 is 19.6 Å². The molecule has 0 spiro atoms. The smallest absolute Gasteiger partial charge is 0.0541 e. The standard InChI is InChI=1S/C66H47N3.C63H47N3/c1-5-15-48(16-6-1)50-29-38-59(39-30-50)67(56-17-7-2-8-18-56)61-42-33-52(34-43-61)53-35-44-62(45-36-53)68(57-19-9-3-10-20-57)60-40-31-51(32-41-60)49-25-27-54(28-26-49)55-37-46-66-64(47-55)63-23-13-14-24-65(63)69(66)58-21-11-4-12-22-58;1-63(2)59-24-14-12-22-55(59)56-40-39-54(43-60(56)63)65(49-18-8-4-9-19-49)53-35-28-45(29-36-53)44-26-33-51(34-27-44)64(48-16-6-3-7-17-48)52-37-30-46(31-38-52)47-32-41-62-58(42-47)57-23-13-15-25-61(57)66(62)50-20-10-5-11-21-50/h1-47H;3-43H,1-2H3. The van der Waals surface area contributed by atoms with E-state index < -0.39 is 0 Å². The van der Waals surface area contributed by atoms with Crippen molar-refractivity contribution in [2.45, 2.75) is 19.3 Å². The SMILES string of the molecule is CC1(C)c2ccccc2-c2ccc(N(c3ccccc3)c3ccc(-c4ccc(N(c5ccccc5)c5ccc(-c6ccc7c(c6)c6ccccc6n7-c6ccccc6)cc5)cc4)cc3)cc21.c1ccc(-c2ccc(N(c3ccccc3)c3ccc(-c4ccc(N(c5ccccc5)c5ccc(-c6ccc(-c7ccc8c(c7)c7ccccc7n8-c7ccccc7)cc6)cc5)cc4)cc3)cc2)cc1. The Morgan fingerprint density at radius 2 is 0.363 bits per heavy atom. The van der Waals surface area contributed by atoms with E-state index >= 15 is 0 Å². The second-order valence-corrected chi connectivity index (χ2v) is 35.2. The molecule has 0 saturated carbocycles. The maximum absolute atomic E-state index is 2.40. The van der Waals surface area contributed by atoms with Crippen molar-refractivity contribution in [2.75, 3.05) is 19.6 Å². The quantitative estimate of drug-likeness (QED) is 0.0758. The Bertz CT molecular complexity index is 8130. The lowest BCUT2D eigenvalue weighted by Crippen LogP contribution is -2.16. The zero-order valence-electron chi connectivity index (χ0n) is 75.0. The van der Waals surface area contributed by atoms with Crippen molar-refractivity contribution in [3.05, 3.63) is 545 Å². The van der Waals surface area contributed by atoms with Crippen LogP contribution in [0.1, 0.15) is 25.0 Å². The van der Waals surface area contributed by atoms with Gasteiger partial charge in [0.15, 0.2) is 0 Å². The molecule has 6 heteroatoms. The highest BCUT2D eigenvalue weighted by Gasteiger charge is 2.36. The second kappa shape index (κ2) is 35.7. The predicted octanol–water partition coefficient (Wildman–Crippen LogP) is 35.8. The van der Waals surface area contributed by atoms with Gasteiger partial charge < -0.3 is 28.7 Å². The summed E-state index contributed by atoms with van der Waals surface area (Å²) >= 11 is 0. The lowest BCUT2D eigenvalue weighted by atomic mass is 9.82. The lowest BCUT2D eigenvalue weighted by molar-refractivity contribution is 0.660. The molecule has 0 saturated heterocycles. The molecular weight excluding hydrogens is 1630 g/mol. The molecule has 1 aliphatic rings. The number of fused-ring (bicyclic) bond motifs is 9. The first-order valence-corrected chi connectivity index (χ1v) is 46.4. The Labute approximate surface area is 788 Å². The molecule has 640 valence electrons. The van der Waals surface area contributed by atoms with Crippen LogP contribution in [0, 0.1) is 0 Å². The van der Waals surface area contributed by atoms with Crippen molar-refractivity contribution < 1.29 is 0 Å². The molecule has 0 atom stereocenters. The largest absolute Gasteiger partial charge is 0.311 e. The van der Waals surface area contributed by atoms with Crippen molar-refractivity contribution in [3.63, 3.8) is 0 Å². The number of aromatic nitrogens is 2. The summed E-state index contributed by atoms with van der Waals surface area (Å²) in [6.45, 7) is 4.69. The molecule has 0 aliphatic heterocycles. The molecule has 0 radical (unpaired) electrons. The van der Waals surface area contributed by atoms with Crippen LogP contribution in [0.15, 0.2) is 534 Å². The summed E-state index contributed by atoms with van der Waals surface area (Å²) in [7, 11) is 0. The van der Waals surface area contributed by atoms with Gasteiger partial charge in [-0.05, 0) is 295 Å². The fraction of sp³-hybridized carbons (Fsp3) is 0.0233. The maximum atomic E-state index is 2.40. The molecule has 0 bridgehead atoms. The summed E-state index contributed by atoms with van der Waals surface area (Å²) in [5.74, 6) is 0. The van der Waals surface area contributed by atoms with E-state index in [1.54, 1.807) is 0 Å². The fourth-order valence-corrected chi connectivity index (χ4v) is 20.1. The van der Waals surface area contributed by atoms with E-state index in [0.29, 0.717) is 0 Å². The molecule has 0 unspecified atom stereocenters. The van der Waals surface area contributed by atoms with E-state index in [1.165, 1.54) is 133 Å². The summed E-state index contributed by atoms with van der Waals surface area (Å²) in [6, 6.07) is 193. The van der Waals surface area contributed by atoms with Crippen molar-refractivity contribution in [2.24, 2.45) is 0 Å². The van der Waals surface area contributed by atoms with Crippen molar-refractivity contribution in [3.8, 4) is 89.3 Å². The molecule has 2 heterocycles. The second-order valence-electron chi connectivity index (χ2n) is 35.2. The molecule has 6 nitrogen and oxygen atoms in total. The van der Waals surface area contributed by atoms with E-state index in [9.17, 15) is 0 Å². The van der Waals surface area contributed by atoms with Gasteiger partial charge in [-0.25, -0.2) is 0 Å². The van der Waals surface area contributed by atoms with Gasteiger partial charge in [0, 0.05) is 107 Å². The predicted molar refractivity (Wildman–Crippen MR) is 570 cm³/mol. The molecule has 2 aromatic heterocycles. The number of para-hydroxylation sites is 8. The Balaban J connectivity index is 0.000000152. The summed E-state index contributed by atoms with van der Waals surface area (Å²) in [5.41, 5.74) is 40.1. The molecule has 135 heavy (non-hydrogen) atoms. The first-order chi connectivity index (χ1) is 66.7. The van der Waals surface area contributed by atoms with Crippen molar-refractivity contribution >= 4 is 112 Å². The summed E-state index contributed by atoms with van der Waals surface area (Å²) < 4.78 is 4.73. The Hall–Kier alpha value is -17.6. The van der Waals surface area contributed by atoms with Crippen LogP contribution >= 0.6 is 0 Å². The number of nitrogens with zero attached hydrogens (tertiary/aromatic N) is 6. The summed E-state index contributed by atoms with van der Waals surface area (Å²) in [6.07, 6.45) is 0. The number of hydrogen-bond donors (Lipinski definition) is 0. The first kappa shape index (κ1) is 81.9. The van der Waals surface area contributed by atoms with E-state index in [2.05, 4.69) is 576 Å². The van der Waals surface area contributed by atoms with Gasteiger partial charge in [-0.2, -0.15) is 0 Å². The van der Waals surface area contributed by atoms with Crippen molar-refractivity contribution in [1.82, 2.24) is 9.13 Å². The minimum atomic E-state index is -0.0807. The van der Waals surface area contributed by atoms with Gasteiger partial charge in [0.25, 0.3) is 0 Å². The molecule has 23 aromatic rings. The summed E-state index contributed by atoms with van der Waals surface area (Å²) in [5, 5.41) is 5.02. The van der Waals surface area contributed by atoms with Gasteiger partial charge in [0.2, 0.25) is 0 Å². The highest BCUT2D eigenvalue weighted by atomic mass is 15.2.